The van der Waals surface area contributed by atoms with Crippen LogP contribution in [0.3, 0.4) is 0 Å². The first kappa shape index (κ1) is 15.4. The fraction of sp³-hybridized carbons (Fsp3) is 0.300. The van der Waals surface area contributed by atoms with E-state index in [-0.39, 0.29) is 24.4 Å². The average Bonchev–Trinajstić information content (AvgIpc) is 2.32. The van der Waals surface area contributed by atoms with Gasteiger partial charge in [0.05, 0.1) is 14.3 Å². The number of hydrogen-bond acceptors (Lipinski definition) is 4. The molecule has 1 heterocycles. The number of methoxy groups -OCH3 is 1. The molecule has 1 N–H and O–H groups in total. The van der Waals surface area contributed by atoms with Gasteiger partial charge in [-0.15, -0.1) is 0 Å². The SMILES string of the molecule is COC(=O)CNC(=O)Cn1cc(I)c(=O)c(I)c1. The maximum absolute atomic E-state index is 11.5. The van der Waals surface area contributed by atoms with E-state index in [1.165, 1.54) is 7.11 Å². The third-order valence-electron chi connectivity index (χ3n) is 1.98. The van der Waals surface area contributed by atoms with Gasteiger partial charge < -0.3 is 14.6 Å². The lowest BCUT2D eigenvalue weighted by Gasteiger charge is -2.08. The maximum Gasteiger partial charge on any atom is 0.325 e. The van der Waals surface area contributed by atoms with E-state index >= 15 is 0 Å². The number of esters is 1. The normalized spacial score (nSPS) is 9.94. The van der Waals surface area contributed by atoms with Crippen LogP contribution in [0.4, 0.5) is 0 Å². The zero-order valence-electron chi connectivity index (χ0n) is 9.41. The van der Waals surface area contributed by atoms with Crippen LogP contribution in [0, 0.1) is 7.14 Å². The summed E-state index contributed by atoms with van der Waals surface area (Å²) in [7, 11) is 1.25. The number of carbonyl (C=O) groups is 2. The molecule has 0 aliphatic carbocycles. The van der Waals surface area contributed by atoms with Crippen LogP contribution in [0.5, 0.6) is 0 Å². The van der Waals surface area contributed by atoms with Crippen molar-refractivity contribution in [3.05, 3.63) is 29.8 Å². The average molecular weight is 476 g/mol. The highest BCUT2D eigenvalue weighted by Gasteiger charge is 2.08. The predicted molar refractivity (Wildman–Crippen MR) is 81.2 cm³/mol. The highest BCUT2D eigenvalue weighted by atomic mass is 127. The summed E-state index contributed by atoms with van der Waals surface area (Å²) in [5.74, 6) is -0.830. The van der Waals surface area contributed by atoms with Crippen molar-refractivity contribution in [1.29, 1.82) is 0 Å². The summed E-state index contributed by atoms with van der Waals surface area (Å²) >= 11 is 3.83. The van der Waals surface area contributed by atoms with Gasteiger partial charge in [-0.25, -0.2) is 0 Å². The Kier molecular flexibility index (Phi) is 6.05. The Bertz CT molecular complexity index is 501. The zero-order chi connectivity index (χ0) is 13.7. The van der Waals surface area contributed by atoms with E-state index in [4.69, 9.17) is 0 Å². The highest BCUT2D eigenvalue weighted by Crippen LogP contribution is 2.03. The molecule has 0 aliphatic rings. The van der Waals surface area contributed by atoms with Crippen LogP contribution >= 0.6 is 45.2 Å². The standard InChI is InChI=1S/C10H10I2N2O4/c1-18-9(16)2-13-8(15)5-14-3-6(11)10(17)7(12)4-14/h3-4H,2,5H2,1H3,(H,13,15). The number of rotatable bonds is 4. The summed E-state index contributed by atoms with van der Waals surface area (Å²) in [5, 5.41) is 2.42. The van der Waals surface area contributed by atoms with Crippen molar-refractivity contribution < 1.29 is 14.3 Å². The lowest BCUT2D eigenvalue weighted by atomic mass is 10.4. The summed E-state index contributed by atoms with van der Waals surface area (Å²) < 4.78 is 7.08. The summed E-state index contributed by atoms with van der Waals surface area (Å²) in [5.41, 5.74) is -0.0533. The minimum atomic E-state index is -0.507. The van der Waals surface area contributed by atoms with Crippen LogP contribution in [0.1, 0.15) is 0 Å². The summed E-state index contributed by atoms with van der Waals surface area (Å²) in [4.78, 5) is 33.8. The molecule has 1 aromatic heterocycles. The quantitative estimate of drug-likeness (QED) is 0.503. The van der Waals surface area contributed by atoms with Crippen LogP contribution in [0.15, 0.2) is 17.2 Å². The molecule has 1 aromatic rings. The lowest BCUT2D eigenvalue weighted by Crippen LogP contribution is -2.33. The minimum absolute atomic E-state index is 0.0449. The molecule has 0 fully saturated rings. The van der Waals surface area contributed by atoms with Gasteiger partial charge in [0.15, 0.2) is 0 Å². The van der Waals surface area contributed by atoms with Gasteiger partial charge >= 0.3 is 5.97 Å². The van der Waals surface area contributed by atoms with Crippen LogP contribution in [-0.4, -0.2) is 30.1 Å². The Morgan fingerprint density at radius 3 is 2.39 bits per heavy atom. The third kappa shape index (κ3) is 4.55. The van der Waals surface area contributed by atoms with E-state index in [0.29, 0.717) is 7.14 Å². The summed E-state index contributed by atoms with van der Waals surface area (Å²) in [6.45, 7) is -0.118. The second-order valence-electron chi connectivity index (χ2n) is 3.31. The van der Waals surface area contributed by atoms with Gasteiger partial charge in [-0.2, -0.15) is 0 Å². The van der Waals surface area contributed by atoms with Gasteiger partial charge in [0.25, 0.3) is 0 Å². The molecule has 0 unspecified atom stereocenters. The van der Waals surface area contributed by atoms with E-state index < -0.39 is 5.97 Å². The number of ether oxygens (including phenoxy) is 1. The van der Waals surface area contributed by atoms with Crippen LogP contribution in [0.2, 0.25) is 0 Å². The molecule has 6 nitrogen and oxygen atoms in total. The van der Waals surface area contributed by atoms with Crippen molar-refractivity contribution in [1.82, 2.24) is 9.88 Å². The Hall–Kier alpha value is -0.650. The second kappa shape index (κ2) is 7.07. The van der Waals surface area contributed by atoms with Gasteiger partial charge in [0.1, 0.15) is 13.1 Å². The van der Waals surface area contributed by atoms with E-state index in [2.05, 4.69) is 10.1 Å². The second-order valence-corrected chi connectivity index (χ2v) is 5.63. The van der Waals surface area contributed by atoms with Crippen molar-refractivity contribution in [2.24, 2.45) is 0 Å². The molecule has 0 bridgehead atoms. The smallest absolute Gasteiger partial charge is 0.325 e. The molecule has 1 amide bonds. The maximum atomic E-state index is 11.5. The number of hydrogen-bond donors (Lipinski definition) is 1. The molecule has 0 saturated heterocycles. The first-order chi connectivity index (χ1) is 8.43. The fourth-order valence-electron chi connectivity index (χ4n) is 1.12. The van der Waals surface area contributed by atoms with E-state index in [1.807, 2.05) is 45.2 Å². The number of nitrogens with zero attached hydrogens (tertiary/aromatic N) is 1. The van der Waals surface area contributed by atoms with Gasteiger partial charge in [0, 0.05) is 12.4 Å². The third-order valence-corrected chi connectivity index (χ3v) is 3.51. The van der Waals surface area contributed by atoms with E-state index in [1.54, 1.807) is 17.0 Å². The Balaban J connectivity index is 2.65. The molecular formula is C10H10I2N2O4. The molecule has 0 radical (unpaired) electrons. The summed E-state index contributed by atoms with van der Waals surface area (Å²) in [6, 6.07) is 0. The van der Waals surface area contributed by atoms with Crippen molar-refractivity contribution in [3.8, 4) is 0 Å². The Morgan fingerprint density at radius 2 is 1.89 bits per heavy atom. The Morgan fingerprint density at radius 1 is 1.33 bits per heavy atom. The fourth-order valence-corrected chi connectivity index (χ4v) is 2.93. The van der Waals surface area contributed by atoms with E-state index in [0.717, 1.165) is 0 Å². The molecule has 0 aliphatic heterocycles. The van der Waals surface area contributed by atoms with E-state index in [9.17, 15) is 14.4 Å². The number of carbonyl (C=O) groups excluding carboxylic acids is 2. The number of nitrogens with one attached hydrogen (secondary N) is 1. The first-order valence-electron chi connectivity index (χ1n) is 4.82. The first-order valence-corrected chi connectivity index (χ1v) is 6.98. The molecule has 0 saturated carbocycles. The highest BCUT2D eigenvalue weighted by molar-refractivity contribution is 14.1. The monoisotopic (exact) mass is 476 g/mol. The largest absolute Gasteiger partial charge is 0.468 e. The van der Waals surface area contributed by atoms with Crippen LogP contribution in [-0.2, 0) is 20.9 Å². The molecule has 0 spiro atoms. The topological polar surface area (TPSA) is 77.4 Å². The van der Waals surface area contributed by atoms with Gasteiger partial charge in [-0.1, -0.05) is 0 Å². The predicted octanol–water partition coefficient (Wildman–Crippen LogP) is 0.347. The van der Waals surface area contributed by atoms with Crippen molar-refractivity contribution >= 4 is 57.1 Å². The molecule has 18 heavy (non-hydrogen) atoms. The number of halogens is 2. The molecule has 0 atom stereocenters. The van der Waals surface area contributed by atoms with Crippen molar-refractivity contribution in [2.45, 2.75) is 6.54 Å². The minimum Gasteiger partial charge on any atom is -0.468 e. The molecule has 1 rings (SSSR count). The molecule has 0 aromatic carbocycles. The van der Waals surface area contributed by atoms with Crippen LogP contribution < -0.4 is 10.7 Å². The van der Waals surface area contributed by atoms with Crippen LogP contribution in [0.25, 0.3) is 0 Å². The van der Waals surface area contributed by atoms with Crippen molar-refractivity contribution in [2.75, 3.05) is 13.7 Å². The lowest BCUT2D eigenvalue weighted by molar-refractivity contribution is -0.141. The van der Waals surface area contributed by atoms with Gasteiger partial charge in [0.2, 0.25) is 11.3 Å². The molecule has 98 valence electrons. The molecule has 8 heteroatoms. The van der Waals surface area contributed by atoms with Crippen molar-refractivity contribution in [3.63, 3.8) is 0 Å². The van der Waals surface area contributed by atoms with Gasteiger partial charge in [-0.05, 0) is 45.2 Å². The number of pyridine rings is 1. The number of aromatic nitrogens is 1. The Labute approximate surface area is 130 Å². The zero-order valence-corrected chi connectivity index (χ0v) is 13.7. The van der Waals surface area contributed by atoms with Gasteiger partial charge in [-0.3, -0.25) is 14.4 Å². The summed E-state index contributed by atoms with van der Waals surface area (Å²) in [6.07, 6.45) is 3.17. The number of amides is 1. The molecular weight excluding hydrogens is 466 g/mol.